The molecule has 0 radical (unpaired) electrons. The highest BCUT2D eigenvalue weighted by Gasteiger charge is 2.19. The zero-order valence-electron chi connectivity index (χ0n) is 12.6. The molecule has 3 rings (SSSR count). The molecule has 2 heterocycles. The predicted molar refractivity (Wildman–Crippen MR) is 89.2 cm³/mol. The van der Waals surface area contributed by atoms with Crippen LogP contribution in [0.4, 0.5) is 0 Å². The standard InChI is InChI=1S/C17H19N3S/c1-17(2,3)14-10-19-16(21)20(14)11-13-7-4-6-12-8-5-9-18-15(12)13/h4-10H,11H2,1-3H3,(H,19,21). The zero-order valence-corrected chi connectivity index (χ0v) is 13.4. The van der Waals surface area contributed by atoms with Gasteiger partial charge in [0.2, 0.25) is 0 Å². The molecule has 0 amide bonds. The van der Waals surface area contributed by atoms with Gasteiger partial charge in [-0.3, -0.25) is 4.98 Å². The summed E-state index contributed by atoms with van der Waals surface area (Å²) < 4.78 is 2.92. The molecule has 0 aliphatic rings. The molecule has 1 N–H and O–H groups in total. The second-order valence-corrected chi connectivity index (χ2v) is 6.69. The van der Waals surface area contributed by atoms with Crippen molar-refractivity contribution >= 4 is 23.1 Å². The molecule has 0 spiro atoms. The maximum Gasteiger partial charge on any atom is 0.177 e. The molecule has 108 valence electrons. The first kappa shape index (κ1) is 14.0. The zero-order chi connectivity index (χ0) is 15.0. The molecule has 0 aliphatic heterocycles. The van der Waals surface area contributed by atoms with Gasteiger partial charge in [0, 0.05) is 28.9 Å². The van der Waals surface area contributed by atoms with E-state index in [-0.39, 0.29) is 5.41 Å². The predicted octanol–water partition coefficient (Wildman–Crippen LogP) is 4.44. The number of hydrogen-bond donors (Lipinski definition) is 1. The monoisotopic (exact) mass is 297 g/mol. The summed E-state index contributed by atoms with van der Waals surface area (Å²) in [6.07, 6.45) is 3.85. The van der Waals surface area contributed by atoms with E-state index in [0.29, 0.717) is 0 Å². The van der Waals surface area contributed by atoms with Crippen LogP contribution in [-0.4, -0.2) is 14.5 Å². The third kappa shape index (κ3) is 2.63. The first-order valence-corrected chi connectivity index (χ1v) is 7.49. The van der Waals surface area contributed by atoms with Crippen molar-refractivity contribution in [2.24, 2.45) is 0 Å². The van der Waals surface area contributed by atoms with Gasteiger partial charge in [0.15, 0.2) is 4.77 Å². The number of fused-ring (bicyclic) bond motifs is 1. The fourth-order valence-electron chi connectivity index (χ4n) is 2.64. The highest BCUT2D eigenvalue weighted by atomic mass is 32.1. The normalized spacial score (nSPS) is 12.0. The lowest BCUT2D eigenvalue weighted by Gasteiger charge is -2.21. The van der Waals surface area contributed by atoms with Crippen molar-refractivity contribution in [1.29, 1.82) is 0 Å². The lowest BCUT2D eigenvalue weighted by molar-refractivity contribution is 0.529. The van der Waals surface area contributed by atoms with Crippen molar-refractivity contribution in [1.82, 2.24) is 14.5 Å². The minimum absolute atomic E-state index is 0.0472. The van der Waals surface area contributed by atoms with Crippen LogP contribution in [0.3, 0.4) is 0 Å². The van der Waals surface area contributed by atoms with E-state index < -0.39 is 0 Å². The molecular formula is C17H19N3S. The Balaban J connectivity index is 2.12. The Labute approximate surface area is 129 Å². The van der Waals surface area contributed by atoms with Crippen LogP contribution >= 0.6 is 12.2 Å². The molecule has 3 nitrogen and oxygen atoms in total. The Kier molecular flexibility index (Phi) is 3.41. The average Bonchev–Trinajstić information content (AvgIpc) is 2.81. The van der Waals surface area contributed by atoms with Gasteiger partial charge in [0.1, 0.15) is 0 Å². The highest BCUT2D eigenvalue weighted by Crippen LogP contribution is 2.24. The summed E-state index contributed by atoms with van der Waals surface area (Å²) in [6, 6.07) is 10.3. The molecule has 0 unspecified atom stereocenters. The largest absolute Gasteiger partial charge is 0.337 e. The van der Waals surface area contributed by atoms with Crippen molar-refractivity contribution in [3.05, 3.63) is 58.8 Å². The van der Waals surface area contributed by atoms with Crippen LogP contribution in [0.1, 0.15) is 32.0 Å². The van der Waals surface area contributed by atoms with Gasteiger partial charge in [0.05, 0.1) is 12.1 Å². The number of hydrogen-bond acceptors (Lipinski definition) is 2. The molecule has 1 aromatic carbocycles. The van der Waals surface area contributed by atoms with E-state index in [1.54, 1.807) is 0 Å². The minimum Gasteiger partial charge on any atom is -0.337 e. The van der Waals surface area contributed by atoms with Gasteiger partial charge in [-0.2, -0.15) is 0 Å². The topological polar surface area (TPSA) is 33.6 Å². The third-order valence-electron chi connectivity index (χ3n) is 3.68. The van der Waals surface area contributed by atoms with Crippen molar-refractivity contribution < 1.29 is 0 Å². The van der Waals surface area contributed by atoms with Crippen molar-refractivity contribution in [2.45, 2.75) is 32.7 Å². The molecule has 0 saturated carbocycles. The summed E-state index contributed by atoms with van der Waals surface area (Å²) in [7, 11) is 0. The second kappa shape index (κ2) is 5.11. The lowest BCUT2D eigenvalue weighted by atomic mass is 9.92. The lowest BCUT2D eigenvalue weighted by Crippen LogP contribution is -2.18. The van der Waals surface area contributed by atoms with E-state index >= 15 is 0 Å². The number of benzene rings is 1. The van der Waals surface area contributed by atoms with Crippen molar-refractivity contribution in [3.63, 3.8) is 0 Å². The maximum atomic E-state index is 5.45. The van der Waals surface area contributed by atoms with E-state index in [1.165, 1.54) is 11.3 Å². The summed E-state index contributed by atoms with van der Waals surface area (Å²) in [5.41, 5.74) is 3.49. The summed E-state index contributed by atoms with van der Waals surface area (Å²) in [6.45, 7) is 7.33. The summed E-state index contributed by atoms with van der Waals surface area (Å²) >= 11 is 5.45. The van der Waals surface area contributed by atoms with Gasteiger partial charge in [-0.25, -0.2) is 0 Å². The number of para-hydroxylation sites is 1. The van der Waals surface area contributed by atoms with Gasteiger partial charge in [-0.05, 0) is 23.8 Å². The van der Waals surface area contributed by atoms with Crippen LogP contribution in [-0.2, 0) is 12.0 Å². The number of nitrogens with one attached hydrogen (secondary N) is 1. The number of nitrogens with zero attached hydrogens (tertiary/aromatic N) is 2. The maximum absolute atomic E-state index is 5.45. The first-order chi connectivity index (χ1) is 9.97. The van der Waals surface area contributed by atoms with Crippen LogP contribution in [0.15, 0.2) is 42.7 Å². The van der Waals surface area contributed by atoms with Gasteiger partial charge in [-0.15, -0.1) is 0 Å². The van der Waals surface area contributed by atoms with Crippen LogP contribution in [0.5, 0.6) is 0 Å². The van der Waals surface area contributed by atoms with E-state index in [9.17, 15) is 0 Å². The summed E-state index contributed by atoms with van der Waals surface area (Å²) in [5.74, 6) is 0. The van der Waals surface area contributed by atoms with Crippen LogP contribution in [0.2, 0.25) is 0 Å². The van der Waals surface area contributed by atoms with Crippen LogP contribution in [0, 0.1) is 4.77 Å². The molecule has 3 aromatic rings. The molecule has 21 heavy (non-hydrogen) atoms. The molecule has 0 fully saturated rings. The Morgan fingerprint density at radius 1 is 1.19 bits per heavy atom. The number of aromatic amines is 1. The third-order valence-corrected chi connectivity index (χ3v) is 4.02. The average molecular weight is 297 g/mol. The van der Waals surface area contributed by atoms with Crippen LogP contribution in [0.25, 0.3) is 10.9 Å². The van der Waals surface area contributed by atoms with Crippen LogP contribution < -0.4 is 0 Å². The number of imidazole rings is 1. The molecule has 0 bridgehead atoms. The molecule has 4 heteroatoms. The second-order valence-electron chi connectivity index (χ2n) is 6.31. The fourth-order valence-corrected chi connectivity index (χ4v) is 2.86. The highest BCUT2D eigenvalue weighted by molar-refractivity contribution is 7.71. The number of aromatic nitrogens is 3. The fraction of sp³-hybridized carbons (Fsp3) is 0.294. The summed E-state index contributed by atoms with van der Waals surface area (Å²) in [4.78, 5) is 7.70. The quantitative estimate of drug-likeness (QED) is 0.709. The van der Waals surface area contributed by atoms with E-state index in [2.05, 4.69) is 59.6 Å². The van der Waals surface area contributed by atoms with E-state index in [4.69, 9.17) is 12.2 Å². The Bertz CT molecular complexity index is 832. The van der Waals surface area contributed by atoms with Gasteiger partial charge in [-0.1, -0.05) is 45.0 Å². The molecule has 0 saturated heterocycles. The Hall–Kier alpha value is -1.94. The number of pyridine rings is 1. The smallest absolute Gasteiger partial charge is 0.177 e. The number of rotatable bonds is 2. The van der Waals surface area contributed by atoms with E-state index in [1.807, 2.05) is 18.5 Å². The van der Waals surface area contributed by atoms with Crippen molar-refractivity contribution in [2.75, 3.05) is 0 Å². The van der Waals surface area contributed by atoms with Gasteiger partial charge < -0.3 is 9.55 Å². The summed E-state index contributed by atoms with van der Waals surface area (Å²) in [5, 5.41) is 1.16. The first-order valence-electron chi connectivity index (χ1n) is 7.08. The molecule has 2 aromatic heterocycles. The van der Waals surface area contributed by atoms with Crippen molar-refractivity contribution in [3.8, 4) is 0 Å². The minimum atomic E-state index is 0.0472. The molecular weight excluding hydrogens is 278 g/mol. The Morgan fingerprint density at radius 3 is 2.71 bits per heavy atom. The van der Waals surface area contributed by atoms with Gasteiger partial charge in [0.25, 0.3) is 0 Å². The number of H-pyrrole nitrogens is 1. The Morgan fingerprint density at radius 2 is 1.95 bits per heavy atom. The van der Waals surface area contributed by atoms with E-state index in [0.717, 1.165) is 22.2 Å². The molecule has 0 aliphatic carbocycles. The SMILES string of the molecule is CC(C)(C)c1c[nH]c(=S)n1Cc1cccc2cccnc12. The van der Waals surface area contributed by atoms with Gasteiger partial charge >= 0.3 is 0 Å². The molecule has 0 atom stereocenters.